The maximum absolute atomic E-state index is 13.6. The first-order chi connectivity index (χ1) is 16.8. The Balaban J connectivity index is 1.63. The van der Waals surface area contributed by atoms with Crippen molar-refractivity contribution in [1.29, 1.82) is 0 Å². The Bertz CT molecular complexity index is 1260. The van der Waals surface area contributed by atoms with Crippen molar-refractivity contribution in [3.8, 4) is 0 Å². The molecule has 3 aromatic heterocycles. The van der Waals surface area contributed by atoms with E-state index in [-0.39, 0.29) is 11.2 Å². The Morgan fingerprint density at radius 2 is 1.63 bits per heavy atom. The molecule has 0 saturated carbocycles. The summed E-state index contributed by atoms with van der Waals surface area (Å²) in [6.07, 6.45) is 6.18. The maximum atomic E-state index is 13.6. The molecule has 1 aromatic carbocycles. The summed E-state index contributed by atoms with van der Waals surface area (Å²) in [6, 6.07) is 18.8. The number of benzene rings is 1. The molecule has 0 aliphatic carbocycles. The third-order valence-electron chi connectivity index (χ3n) is 6.44. The maximum Gasteiger partial charge on any atom is 0.123 e. The average molecular weight is 489 g/mol. The summed E-state index contributed by atoms with van der Waals surface area (Å²) in [4.78, 5) is 16.2. The molecule has 0 aliphatic heterocycles. The van der Waals surface area contributed by atoms with Crippen molar-refractivity contribution in [3.63, 3.8) is 0 Å². The van der Waals surface area contributed by atoms with Gasteiger partial charge in [-0.2, -0.15) is 0 Å². The average Bonchev–Trinajstić information content (AvgIpc) is 2.85. The lowest BCUT2D eigenvalue weighted by molar-refractivity contribution is 0.251. The normalized spacial score (nSPS) is 11.7. The fraction of sp³-hybridized carbons (Fsp3) is 0.276. The zero-order valence-corrected chi connectivity index (χ0v) is 21.1. The summed E-state index contributed by atoms with van der Waals surface area (Å²) in [5.74, 6) is -0.234. The smallest absolute Gasteiger partial charge is 0.123 e. The van der Waals surface area contributed by atoms with Crippen molar-refractivity contribution >= 4 is 11.6 Å². The molecule has 0 fully saturated rings. The topological polar surface area (TPSA) is 41.9 Å². The van der Waals surface area contributed by atoms with Gasteiger partial charge < -0.3 is 0 Å². The third-order valence-corrected chi connectivity index (χ3v) is 6.65. The Labute approximate surface area is 211 Å². The van der Waals surface area contributed by atoms with Crippen LogP contribution < -0.4 is 0 Å². The van der Waals surface area contributed by atoms with E-state index in [1.165, 1.54) is 12.1 Å². The van der Waals surface area contributed by atoms with Crippen molar-refractivity contribution in [1.82, 2.24) is 19.9 Å². The lowest BCUT2D eigenvalue weighted by Crippen LogP contribution is -2.29. The van der Waals surface area contributed by atoms with Gasteiger partial charge in [0.25, 0.3) is 0 Å². The summed E-state index contributed by atoms with van der Waals surface area (Å²) in [6.45, 7) is 8.47. The van der Waals surface area contributed by atoms with Crippen LogP contribution in [0.2, 0.25) is 5.02 Å². The van der Waals surface area contributed by atoms with Gasteiger partial charge in [0.15, 0.2) is 0 Å². The first kappa shape index (κ1) is 25.0. The molecule has 0 saturated heterocycles. The van der Waals surface area contributed by atoms with E-state index in [2.05, 4.69) is 34.8 Å². The highest BCUT2D eigenvalue weighted by Gasteiger charge is 2.27. The molecule has 0 spiro atoms. The number of hydrogen-bond acceptors (Lipinski definition) is 4. The Kier molecular flexibility index (Phi) is 7.89. The van der Waals surface area contributed by atoms with Gasteiger partial charge in [0.2, 0.25) is 0 Å². The highest BCUT2D eigenvalue weighted by atomic mass is 35.5. The van der Waals surface area contributed by atoms with Crippen molar-refractivity contribution in [2.45, 2.75) is 45.7 Å². The molecule has 0 aliphatic rings. The molecule has 0 radical (unpaired) electrons. The number of aromatic nitrogens is 3. The van der Waals surface area contributed by atoms with Crippen molar-refractivity contribution in [2.24, 2.45) is 0 Å². The summed E-state index contributed by atoms with van der Waals surface area (Å²) in [7, 11) is 0. The van der Waals surface area contributed by atoms with E-state index in [1.807, 2.05) is 61.8 Å². The minimum Gasteiger partial charge on any atom is -0.291 e. The largest absolute Gasteiger partial charge is 0.291 e. The molecular formula is C29H30ClFN4. The minimum atomic E-state index is -0.335. The number of nitrogens with zero attached hydrogens (tertiary/aromatic N) is 4. The van der Waals surface area contributed by atoms with Crippen molar-refractivity contribution in [2.75, 3.05) is 6.54 Å². The highest BCUT2D eigenvalue weighted by molar-refractivity contribution is 6.30. The van der Waals surface area contributed by atoms with Gasteiger partial charge in [0, 0.05) is 55.8 Å². The van der Waals surface area contributed by atoms with Crippen molar-refractivity contribution in [3.05, 3.63) is 124 Å². The predicted molar refractivity (Wildman–Crippen MR) is 139 cm³/mol. The SMILES string of the molecule is Cc1cc(Cl)cnc1CN(CCc1ccccn1)Cc1ncccc1C(C)(C)c1ccc(F)cc1. The van der Waals surface area contributed by atoms with Crippen LogP contribution in [0.3, 0.4) is 0 Å². The molecule has 0 atom stereocenters. The standard InChI is InChI=1S/C29H30ClFN4/c1-21-17-23(30)18-34-27(21)19-35(16-13-25-7-4-5-14-32-25)20-28-26(8-6-15-33-28)29(2,3)22-9-11-24(31)12-10-22/h4-12,14-15,17-18H,13,16,19-20H2,1-3H3. The van der Waals surface area contributed by atoms with E-state index in [9.17, 15) is 4.39 Å². The summed E-state index contributed by atoms with van der Waals surface area (Å²) >= 11 is 6.15. The first-order valence-corrected chi connectivity index (χ1v) is 12.1. The van der Waals surface area contributed by atoms with Crippen LogP contribution in [0.15, 0.2) is 79.3 Å². The molecule has 4 rings (SSSR count). The lowest BCUT2D eigenvalue weighted by Gasteiger charge is -2.30. The van der Waals surface area contributed by atoms with Crippen LogP contribution in [0, 0.1) is 12.7 Å². The van der Waals surface area contributed by atoms with E-state index < -0.39 is 0 Å². The van der Waals surface area contributed by atoms with Crippen LogP contribution in [0.1, 0.15) is 47.6 Å². The Hall–Kier alpha value is -3.15. The van der Waals surface area contributed by atoms with Gasteiger partial charge in [-0.3, -0.25) is 19.9 Å². The Morgan fingerprint density at radius 1 is 0.886 bits per heavy atom. The van der Waals surface area contributed by atoms with Crippen LogP contribution in [-0.4, -0.2) is 26.4 Å². The molecule has 180 valence electrons. The lowest BCUT2D eigenvalue weighted by atomic mass is 9.77. The van der Waals surface area contributed by atoms with Gasteiger partial charge in [-0.1, -0.05) is 49.7 Å². The molecular weight excluding hydrogens is 459 g/mol. The molecule has 3 heterocycles. The number of rotatable bonds is 9. The fourth-order valence-electron chi connectivity index (χ4n) is 4.35. The molecule has 4 aromatic rings. The molecule has 35 heavy (non-hydrogen) atoms. The fourth-order valence-corrected chi connectivity index (χ4v) is 4.56. The number of hydrogen-bond donors (Lipinski definition) is 0. The molecule has 0 N–H and O–H groups in total. The zero-order valence-electron chi connectivity index (χ0n) is 20.4. The van der Waals surface area contributed by atoms with Gasteiger partial charge in [-0.05, 0) is 60.0 Å². The van der Waals surface area contributed by atoms with Gasteiger partial charge in [-0.25, -0.2) is 4.39 Å². The van der Waals surface area contributed by atoms with Crippen LogP contribution in [0.5, 0.6) is 0 Å². The zero-order chi connectivity index (χ0) is 24.8. The summed E-state index contributed by atoms with van der Waals surface area (Å²) < 4.78 is 13.6. The number of pyridine rings is 3. The van der Waals surface area contributed by atoms with E-state index in [1.54, 1.807) is 6.20 Å². The van der Waals surface area contributed by atoms with Crippen LogP contribution in [0.4, 0.5) is 4.39 Å². The summed E-state index contributed by atoms with van der Waals surface area (Å²) in [5.41, 5.74) is 5.93. The number of aryl methyl sites for hydroxylation is 1. The second-order valence-corrected chi connectivity index (χ2v) is 9.76. The molecule has 0 amide bonds. The van der Waals surface area contributed by atoms with E-state index in [0.29, 0.717) is 18.1 Å². The minimum absolute atomic E-state index is 0.234. The summed E-state index contributed by atoms with van der Waals surface area (Å²) in [5, 5.41) is 0.638. The predicted octanol–water partition coefficient (Wildman–Crippen LogP) is 6.54. The van der Waals surface area contributed by atoms with Gasteiger partial charge >= 0.3 is 0 Å². The molecule has 4 nitrogen and oxygen atoms in total. The third kappa shape index (κ3) is 6.30. The van der Waals surface area contributed by atoms with E-state index >= 15 is 0 Å². The van der Waals surface area contributed by atoms with E-state index in [4.69, 9.17) is 16.6 Å². The van der Waals surface area contributed by atoms with Gasteiger partial charge in [0.1, 0.15) is 5.82 Å². The Morgan fingerprint density at radius 3 is 2.34 bits per heavy atom. The first-order valence-electron chi connectivity index (χ1n) is 11.8. The van der Waals surface area contributed by atoms with Crippen LogP contribution in [0.25, 0.3) is 0 Å². The quantitative estimate of drug-likeness (QED) is 0.268. The second-order valence-electron chi connectivity index (χ2n) is 9.33. The van der Waals surface area contributed by atoms with Crippen molar-refractivity contribution < 1.29 is 4.39 Å². The van der Waals surface area contributed by atoms with Crippen LogP contribution in [-0.2, 0) is 24.9 Å². The van der Waals surface area contributed by atoms with Crippen LogP contribution >= 0.6 is 11.6 Å². The molecule has 6 heteroatoms. The highest BCUT2D eigenvalue weighted by Crippen LogP contribution is 2.33. The van der Waals surface area contributed by atoms with Gasteiger partial charge in [0.05, 0.1) is 16.4 Å². The van der Waals surface area contributed by atoms with Gasteiger partial charge in [-0.15, -0.1) is 0 Å². The molecule has 0 bridgehead atoms. The molecule has 0 unspecified atom stereocenters. The second kappa shape index (κ2) is 11.1. The monoisotopic (exact) mass is 488 g/mol. The number of halogens is 2. The van der Waals surface area contributed by atoms with E-state index in [0.717, 1.165) is 46.7 Å².